The number of para-hydroxylation sites is 1. The number of carbonyl (C=O) groups excluding carboxylic acids is 1. The molecule has 6 heteroatoms. The second kappa shape index (κ2) is 9.62. The highest BCUT2D eigenvalue weighted by Crippen LogP contribution is 2.18. The number of nitrogens with zero attached hydrogens (tertiary/aromatic N) is 1. The molecule has 1 aromatic heterocycles. The molecule has 0 fully saturated rings. The largest absolute Gasteiger partial charge is 0.493 e. The van der Waals surface area contributed by atoms with E-state index in [2.05, 4.69) is 22.5 Å². The molecule has 0 aliphatic heterocycles. The van der Waals surface area contributed by atoms with Gasteiger partial charge in [0, 0.05) is 18.9 Å². The van der Waals surface area contributed by atoms with Crippen molar-refractivity contribution in [3.63, 3.8) is 0 Å². The van der Waals surface area contributed by atoms with Crippen molar-refractivity contribution in [3.8, 4) is 5.75 Å². The number of carbonyl (C=O) groups is 1. The maximum atomic E-state index is 12.4. The summed E-state index contributed by atoms with van der Waals surface area (Å²) in [7, 11) is 0. The Labute approximate surface area is 147 Å². The molecule has 0 unspecified atom stereocenters. The molecule has 24 heavy (non-hydrogen) atoms. The van der Waals surface area contributed by atoms with Gasteiger partial charge in [0.2, 0.25) is 0 Å². The third-order valence-electron chi connectivity index (χ3n) is 3.29. The first kappa shape index (κ1) is 17.9. The molecule has 1 aromatic carbocycles. The van der Waals surface area contributed by atoms with Crippen LogP contribution in [-0.2, 0) is 6.54 Å². The summed E-state index contributed by atoms with van der Waals surface area (Å²) in [6, 6.07) is 10.9. The third-order valence-corrected chi connectivity index (χ3v) is 3.54. The number of thiocarbonyl (C=S) groups is 1. The number of nitrogens with one attached hydrogen (secondary N) is 2. The molecule has 5 nitrogen and oxygen atoms in total. The fraction of sp³-hybridized carbons (Fsp3) is 0.278. The summed E-state index contributed by atoms with van der Waals surface area (Å²) in [6.45, 7) is 3.18. The number of aromatic nitrogens is 1. The van der Waals surface area contributed by atoms with Gasteiger partial charge in [-0.25, -0.2) is 0 Å². The molecule has 0 spiro atoms. The number of ether oxygens (including phenoxy) is 1. The molecule has 0 saturated heterocycles. The van der Waals surface area contributed by atoms with E-state index < -0.39 is 0 Å². The van der Waals surface area contributed by atoms with Gasteiger partial charge in [-0.05, 0) is 42.4 Å². The molecule has 0 radical (unpaired) electrons. The molecule has 2 rings (SSSR count). The monoisotopic (exact) mass is 343 g/mol. The summed E-state index contributed by atoms with van der Waals surface area (Å²) < 4.78 is 5.68. The van der Waals surface area contributed by atoms with E-state index in [1.165, 1.54) is 0 Å². The molecule has 0 aliphatic carbocycles. The van der Waals surface area contributed by atoms with E-state index in [0.29, 0.717) is 24.5 Å². The summed E-state index contributed by atoms with van der Waals surface area (Å²) in [5, 5.41) is 5.94. The van der Waals surface area contributed by atoms with Crippen LogP contribution in [0.4, 0.5) is 0 Å². The minimum absolute atomic E-state index is 0.271. The Bertz CT molecular complexity index is 677. The van der Waals surface area contributed by atoms with Gasteiger partial charge in [-0.2, -0.15) is 0 Å². The molecule has 0 atom stereocenters. The van der Waals surface area contributed by atoms with Gasteiger partial charge >= 0.3 is 0 Å². The van der Waals surface area contributed by atoms with Gasteiger partial charge in [0.05, 0.1) is 12.2 Å². The second-order valence-corrected chi connectivity index (χ2v) is 5.60. The highest BCUT2D eigenvalue weighted by Gasteiger charge is 2.13. The van der Waals surface area contributed by atoms with Gasteiger partial charge in [-0.15, -0.1) is 0 Å². The first-order valence-corrected chi connectivity index (χ1v) is 8.31. The fourth-order valence-corrected chi connectivity index (χ4v) is 2.17. The van der Waals surface area contributed by atoms with E-state index in [4.69, 9.17) is 17.0 Å². The normalized spacial score (nSPS) is 10.0. The quantitative estimate of drug-likeness (QED) is 0.597. The Morgan fingerprint density at radius 1 is 1.25 bits per heavy atom. The van der Waals surface area contributed by atoms with Crippen LogP contribution in [0.15, 0.2) is 48.8 Å². The van der Waals surface area contributed by atoms with Gasteiger partial charge in [-0.3, -0.25) is 15.1 Å². The number of amides is 1. The van der Waals surface area contributed by atoms with Crippen molar-refractivity contribution in [2.24, 2.45) is 0 Å². The van der Waals surface area contributed by atoms with E-state index in [1.54, 1.807) is 30.6 Å². The van der Waals surface area contributed by atoms with Crippen molar-refractivity contribution in [2.45, 2.75) is 26.3 Å². The number of hydrogen-bond acceptors (Lipinski definition) is 4. The Kier molecular flexibility index (Phi) is 7.17. The zero-order valence-electron chi connectivity index (χ0n) is 13.6. The molecule has 2 N–H and O–H groups in total. The van der Waals surface area contributed by atoms with E-state index in [0.717, 1.165) is 18.4 Å². The zero-order valence-corrected chi connectivity index (χ0v) is 14.4. The van der Waals surface area contributed by atoms with Gasteiger partial charge in [0.1, 0.15) is 5.75 Å². The predicted octanol–water partition coefficient (Wildman–Crippen LogP) is 3.07. The molecule has 2 aromatic rings. The molecular formula is C18H21N3O2S. The van der Waals surface area contributed by atoms with Gasteiger partial charge in [-0.1, -0.05) is 31.5 Å². The Morgan fingerprint density at radius 2 is 2.08 bits per heavy atom. The average Bonchev–Trinajstić information content (AvgIpc) is 2.61. The van der Waals surface area contributed by atoms with Crippen molar-refractivity contribution >= 4 is 23.2 Å². The lowest BCUT2D eigenvalue weighted by atomic mass is 10.2. The summed E-state index contributed by atoms with van der Waals surface area (Å²) >= 11 is 5.17. The minimum atomic E-state index is -0.286. The number of benzene rings is 1. The van der Waals surface area contributed by atoms with Crippen LogP contribution >= 0.6 is 12.2 Å². The third kappa shape index (κ3) is 5.62. The molecule has 0 saturated carbocycles. The molecule has 1 heterocycles. The zero-order chi connectivity index (χ0) is 17.2. The minimum Gasteiger partial charge on any atom is -0.493 e. The lowest BCUT2D eigenvalue weighted by molar-refractivity contribution is 0.0972. The summed E-state index contributed by atoms with van der Waals surface area (Å²) in [5.41, 5.74) is 1.46. The van der Waals surface area contributed by atoms with Crippen molar-refractivity contribution in [3.05, 3.63) is 59.9 Å². The number of rotatable bonds is 7. The maximum absolute atomic E-state index is 12.4. The van der Waals surface area contributed by atoms with E-state index in [9.17, 15) is 4.79 Å². The first-order valence-electron chi connectivity index (χ1n) is 7.90. The van der Waals surface area contributed by atoms with Crippen LogP contribution in [-0.4, -0.2) is 22.6 Å². The van der Waals surface area contributed by atoms with Crippen LogP contribution < -0.4 is 15.4 Å². The van der Waals surface area contributed by atoms with E-state index in [1.807, 2.05) is 18.2 Å². The lowest BCUT2D eigenvalue weighted by Crippen LogP contribution is -2.39. The van der Waals surface area contributed by atoms with Crippen LogP contribution in [0.3, 0.4) is 0 Å². The first-order chi connectivity index (χ1) is 11.7. The molecule has 126 valence electrons. The Balaban J connectivity index is 1.90. The van der Waals surface area contributed by atoms with Crippen LogP contribution in [0.5, 0.6) is 5.75 Å². The van der Waals surface area contributed by atoms with Crippen molar-refractivity contribution in [1.29, 1.82) is 0 Å². The second-order valence-electron chi connectivity index (χ2n) is 5.20. The highest BCUT2D eigenvalue weighted by atomic mass is 32.1. The van der Waals surface area contributed by atoms with Gasteiger partial charge in [0.25, 0.3) is 5.91 Å². The van der Waals surface area contributed by atoms with Crippen LogP contribution in [0.2, 0.25) is 0 Å². The number of pyridine rings is 1. The Hall–Kier alpha value is -2.47. The molecular weight excluding hydrogens is 322 g/mol. The number of unbranched alkanes of at least 4 members (excludes halogenated alkanes) is 1. The predicted molar refractivity (Wildman–Crippen MR) is 98.0 cm³/mol. The topological polar surface area (TPSA) is 63.2 Å². The van der Waals surface area contributed by atoms with Crippen LogP contribution in [0.25, 0.3) is 0 Å². The van der Waals surface area contributed by atoms with Gasteiger partial charge < -0.3 is 10.1 Å². The van der Waals surface area contributed by atoms with Crippen LogP contribution in [0.1, 0.15) is 35.7 Å². The Morgan fingerprint density at radius 3 is 2.83 bits per heavy atom. The van der Waals surface area contributed by atoms with Gasteiger partial charge in [0.15, 0.2) is 5.11 Å². The molecule has 0 aliphatic rings. The average molecular weight is 343 g/mol. The standard InChI is InChI=1S/C18H21N3O2S/c1-2-3-11-23-16-9-5-4-8-15(16)17(22)21-18(24)20-13-14-7-6-10-19-12-14/h4-10,12H,2-3,11,13H2,1H3,(H2,20,21,22,24). The van der Waals surface area contributed by atoms with Crippen molar-refractivity contribution in [1.82, 2.24) is 15.6 Å². The molecule has 1 amide bonds. The lowest BCUT2D eigenvalue weighted by Gasteiger charge is -2.13. The summed E-state index contributed by atoms with van der Waals surface area (Å²) in [6.07, 6.45) is 5.44. The summed E-state index contributed by atoms with van der Waals surface area (Å²) in [4.78, 5) is 16.4. The number of hydrogen-bond donors (Lipinski definition) is 2. The smallest absolute Gasteiger partial charge is 0.261 e. The van der Waals surface area contributed by atoms with E-state index in [-0.39, 0.29) is 11.0 Å². The maximum Gasteiger partial charge on any atom is 0.261 e. The molecule has 0 bridgehead atoms. The SMILES string of the molecule is CCCCOc1ccccc1C(=O)NC(=S)NCc1cccnc1. The summed E-state index contributed by atoms with van der Waals surface area (Å²) in [5.74, 6) is 0.282. The van der Waals surface area contributed by atoms with Crippen molar-refractivity contribution in [2.75, 3.05) is 6.61 Å². The van der Waals surface area contributed by atoms with Crippen LogP contribution in [0, 0.1) is 0 Å². The fourth-order valence-electron chi connectivity index (χ4n) is 2.01. The van der Waals surface area contributed by atoms with Crippen molar-refractivity contribution < 1.29 is 9.53 Å². The van der Waals surface area contributed by atoms with E-state index >= 15 is 0 Å². The highest BCUT2D eigenvalue weighted by molar-refractivity contribution is 7.80.